The zero-order chi connectivity index (χ0) is 24.8. The van der Waals surface area contributed by atoms with Crippen molar-refractivity contribution < 1.29 is 32.9 Å². The Labute approximate surface area is 207 Å². The summed E-state index contributed by atoms with van der Waals surface area (Å²) in [6.07, 6.45) is 0.404. The number of carbonyl (C=O) groups is 4. The molecule has 34 heavy (non-hydrogen) atoms. The number of carbonyl (C=O) groups excluding carboxylic acids is 4. The van der Waals surface area contributed by atoms with Crippen molar-refractivity contribution in [3.05, 3.63) is 33.8 Å². The highest BCUT2D eigenvalue weighted by atomic mass is 35.5. The number of benzene rings is 1. The van der Waals surface area contributed by atoms with Crippen molar-refractivity contribution in [3.8, 4) is 0 Å². The summed E-state index contributed by atoms with van der Waals surface area (Å²) < 4.78 is 11.6. The monoisotopic (exact) mass is 512 g/mol. The van der Waals surface area contributed by atoms with Gasteiger partial charge in [0.15, 0.2) is 12.1 Å². The van der Waals surface area contributed by atoms with Gasteiger partial charge < -0.3 is 29.7 Å². The SMILES string of the molecule is CC(C)C[C@H](NC(=O)CNC(=O)c1cc(Cl)ccc1Cl)[B-]12OC(=O)[C@H]3CNC[C@@H](C(=O)O1)[N+]32C. The molecular formula is C21H27BCl2N4O6. The Balaban J connectivity index is 1.54. The highest BCUT2D eigenvalue weighted by molar-refractivity contribution is 6.68. The van der Waals surface area contributed by atoms with Gasteiger partial charge >= 0.3 is 18.6 Å². The van der Waals surface area contributed by atoms with Crippen molar-refractivity contribution in [2.45, 2.75) is 38.3 Å². The van der Waals surface area contributed by atoms with Gasteiger partial charge in [0.2, 0.25) is 5.91 Å². The zero-order valence-corrected chi connectivity index (χ0v) is 20.6. The molecular weight excluding hydrogens is 486 g/mol. The Kier molecular flexibility index (Phi) is 6.58. The van der Waals surface area contributed by atoms with Crippen LogP contribution in [0, 0.1) is 5.92 Å². The topological polar surface area (TPSA) is 123 Å². The van der Waals surface area contributed by atoms with Crippen molar-refractivity contribution >= 4 is 53.6 Å². The molecule has 1 aromatic carbocycles. The molecule has 3 saturated heterocycles. The number of quaternary nitrogens is 1. The van der Waals surface area contributed by atoms with E-state index in [0.717, 1.165) is 0 Å². The van der Waals surface area contributed by atoms with Crippen molar-refractivity contribution in [3.63, 3.8) is 0 Å². The lowest BCUT2D eigenvalue weighted by atomic mass is 9.56. The lowest BCUT2D eigenvalue weighted by Crippen LogP contribution is -2.78. The minimum atomic E-state index is -2.55. The molecule has 5 atom stereocenters. The first-order valence-electron chi connectivity index (χ1n) is 11.2. The Bertz CT molecular complexity index is 1030. The first kappa shape index (κ1) is 24.8. The number of amides is 2. The van der Waals surface area contributed by atoms with E-state index >= 15 is 0 Å². The first-order chi connectivity index (χ1) is 16.0. The average molecular weight is 513 g/mol. The highest BCUT2D eigenvalue weighted by Crippen LogP contribution is 2.45. The van der Waals surface area contributed by atoms with Crippen LogP contribution in [0.1, 0.15) is 30.6 Å². The molecule has 3 aliphatic heterocycles. The van der Waals surface area contributed by atoms with Gasteiger partial charge in [-0.15, -0.1) is 0 Å². The Morgan fingerprint density at radius 3 is 2.38 bits per heavy atom. The van der Waals surface area contributed by atoms with Gasteiger partial charge in [-0.25, -0.2) is 9.59 Å². The zero-order valence-electron chi connectivity index (χ0n) is 19.1. The normalized spacial score (nSPS) is 30.4. The number of piperazine rings is 1. The minimum Gasteiger partial charge on any atom is -0.599 e. The summed E-state index contributed by atoms with van der Waals surface area (Å²) in [4.78, 5) is 51.0. The molecule has 13 heteroatoms. The van der Waals surface area contributed by atoms with Crippen LogP contribution in [0.4, 0.5) is 0 Å². The lowest BCUT2D eigenvalue weighted by molar-refractivity contribution is -0.846. The van der Waals surface area contributed by atoms with Gasteiger partial charge in [0, 0.05) is 12.1 Å². The molecule has 184 valence electrons. The molecule has 1 aromatic rings. The van der Waals surface area contributed by atoms with Crippen LogP contribution in [0.15, 0.2) is 18.2 Å². The van der Waals surface area contributed by atoms with E-state index in [1.54, 1.807) is 13.1 Å². The van der Waals surface area contributed by atoms with Crippen molar-refractivity contribution in [2.24, 2.45) is 5.92 Å². The molecule has 10 nitrogen and oxygen atoms in total. The second-order valence-corrected chi connectivity index (χ2v) is 10.5. The highest BCUT2D eigenvalue weighted by Gasteiger charge is 2.77. The second-order valence-electron chi connectivity index (χ2n) is 9.62. The molecule has 4 rings (SSSR count). The maximum absolute atomic E-state index is 12.9. The molecule has 3 aliphatic rings. The molecule has 3 heterocycles. The van der Waals surface area contributed by atoms with E-state index in [1.165, 1.54) is 12.1 Å². The van der Waals surface area contributed by atoms with E-state index in [2.05, 4.69) is 16.0 Å². The molecule has 0 aliphatic carbocycles. The van der Waals surface area contributed by atoms with Crippen molar-refractivity contribution in [1.29, 1.82) is 0 Å². The van der Waals surface area contributed by atoms with Crippen LogP contribution < -0.4 is 16.0 Å². The lowest BCUT2D eigenvalue weighted by Gasteiger charge is -2.51. The third-order valence-electron chi connectivity index (χ3n) is 7.07. The Hall–Kier alpha value is -2.34. The van der Waals surface area contributed by atoms with E-state index in [1.807, 2.05) is 13.8 Å². The number of rotatable bonds is 7. The molecule has 0 bridgehead atoms. The smallest absolute Gasteiger partial charge is 0.599 e. The largest absolute Gasteiger partial charge is 0.606 e. The number of nitrogens with zero attached hydrogens (tertiary/aromatic N) is 1. The molecule has 3 N–H and O–H groups in total. The summed E-state index contributed by atoms with van der Waals surface area (Å²) in [5.41, 5.74) is 0.141. The van der Waals surface area contributed by atoms with Gasteiger partial charge in [0.1, 0.15) is 0 Å². The first-order valence-corrected chi connectivity index (χ1v) is 11.9. The molecule has 0 aromatic heterocycles. The van der Waals surface area contributed by atoms with Crippen LogP contribution in [0.25, 0.3) is 0 Å². The fourth-order valence-electron chi connectivity index (χ4n) is 5.41. The van der Waals surface area contributed by atoms with Gasteiger partial charge in [-0.05, 0) is 30.5 Å². The summed E-state index contributed by atoms with van der Waals surface area (Å²) >= 11 is 12.0. The van der Waals surface area contributed by atoms with Crippen molar-refractivity contribution in [1.82, 2.24) is 16.0 Å². The van der Waals surface area contributed by atoms with E-state index in [-0.39, 0.29) is 27.4 Å². The summed E-state index contributed by atoms with van der Waals surface area (Å²) in [7, 11) is 1.79. The van der Waals surface area contributed by atoms with Crippen LogP contribution in [0.5, 0.6) is 0 Å². The predicted molar refractivity (Wildman–Crippen MR) is 125 cm³/mol. The summed E-state index contributed by atoms with van der Waals surface area (Å²) in [5, 5.41) is 9.02. The fourth-order valence-corrected chi connectivity index (χ4v) is 5.79. The van der Waals surface area contributed by atoms with Gasteiger partial charge in [-0.3, -0.25) is 9.59 Å². The Morgan fingerprint density at radius 1 is 1.18 bits per heavy atom. The molecule has 0 spiro atoms. The van der Waals surface area contributed by atoms with Gasteiger partial charge in [-0.1, -0.05) is 37.0 Å². The number of likely N-dealkylation sites (N-methyl/N-ethyl adjacent to an activating group) is 1. The standard InChI is InChI=1S/C21H27BCl2N4O6/c1-11(2)6-17(27-18(29)10-26-19(30)13-7-12(23)4-5-14(13)24)22-28(3)15(20(31)33-22)8-25-9-16(28)21(32)34-22/h4-5,7,11,15-17,25H,6,8-10H2,1-3H3,(H,26,30)(H,27,29)/t15-,16+,17-,22?,28?/m0/s1. The fraction of sp³-hybridized carbons (Fsp3) is 0.524. The molecule has 2 unspecified atom stereocenters. The van der Waals surface area contributed by atoms with Crippen LogP contribution in [-0.2, 0) is 23.7 Å². The number of nitrogens with one attached hydrogen (secondary N) is 3. The van der Waals surface area contributed by atoms with Gasteiger partial charge in [-0.2, -0.15) is 0 Å². The molecule has 3 fully saturated rings. The average Bonchev–Trinajstić information content (AvgIpc) is 3.13. The summed E-state index contributed by atoms with van der Waals surface area (Å²) in [6, 6.07) is 3.24. The predicted octanol–water partition coefficient (Wildman–Crippen LogP) is 0.633. The van der Waals surface area contributed by atoms with Crippen LogP contribution >= 0.6 is 23.2 Å². The van der Waals surface area contributed by atoms with Gasteiger partial charge in [0.05, 0.1) is 36.2 Å². The summed E-state index contributed by atoms with van der Waals surface area (Å²) in [6.45, 7) is 1.70. The van der Waals surface area contributed by atoms with Crippen LogP contribution in [0.2, 0.25) is 10.0 Å². The van der Waals surface area contributed by atoms with Gasteiger partial charge in [0.25, 0.3) is 5.91 Å². The van der Waals surface area contributed by atoms with E-state index in [0.29, 0.717) is 24.5 Å². The third kappa shape index (κ3) is 3.94. The van der Waals surface area contributed by atoms with Crippen LogP contribution in [-0.4, -0.2) is 79.5 Å². The van der Waals surface area contributed by atoms with E-state index in [4.69, 9.17) is 32.5 Å². The molecule has 2 amide bonds. The molecule has 0 radical (unpaired) electrons. The molecule has 0 saturated carbocycles. The number of hydrogen-bond donors (Lipinski definition) is 3. The second kappa shape index (κ2) is 9.03. The third-order valence-corrected chi connectivity index (χ3v) is 7.64. The Morgan fingerprint density at radius 2 is 1.79 bits per heavy atom. The maximum atomic E-state index is 12.9. The minimum absolute atomic E-state index is 0.0210. The van der Waals surface area contributed by atoms with E-state index < -0.39 is 48.5 Å². The van der Waals surface area contributed by atoms with Crippen molar-refractivity contribution in [2.75, 3.05) is 26.7 Å². The number of hydrogen-bond acceptors (Lipinski definition) is 7. The number of halogens is 2. The quantitative estimate of drug-likeness (QED) is 0.458. The summed E-state index contributed by atoms with van der Waals surface area (Å²) in [5.74, 6) is -2.67. The van der Waals surface area contributed by atoms with E-state index in [9.17, 15) is 19.2 Å². The maximum Gasteiger partial charge on any atom is 0.606 e. The van der Waals surface area contributed by atoms with Crippen LogP contribution in [0.3, 0.4) is 0 Å².